The molecule has 0 aliphatic rings. The summed E-state index contributed by atoms with van der Waals surface area (Å²) in [4.78, 5) is 1.92. The first kappa shape index (κ1) is 13.2. The molecule has 1 heterocycles. The average molecular weight is 331 g/mol. The Labute approximate surface area is 119 Å². The molecule has 0 bridgehead atoms. The fraction of sp³-hybridized carbons (Fsp3) is 0.250. The van der Waals surface area contributed by atoms with Crippen LogP contribution in [0.2, 0.25) is 5.02 Å². The predicted octanol–water partition coefficient (Wildman–Crippen LogP) is 3.57. The van der Waals surface area contributed by atoms with Crippen LogP contribution in [0.5, 0.6) is 5.75 Å². The summed E-state index contributed by atoms with van der Waals surface area (Å²) in [5.41, 5.74) is 1.72. The maximum atomic E-state index is 6.03. The van der Waals surface area contributed by atoms with Gasteiger partial charge in [0.1, 0.15) is 5.75 Å². The van der Waals surface area contributed by atoms with Crippen LogP contribution in [-0.2, 0) is 0 Å². The lowest BCUT2D eigenvalue weighted by atomic mass is 10.1. The van der Waals surface area contributed by atoms with Crippen LogP contribution >= 0.6 is 27.5 Å². The highest BCUT2D eigenvalue weighted by atomic mass is 79.9. The fourth-order valence-electron chi connectivity index (χ4n) is 1.67. The number of aromatic nitrogens is 2. The van der Waals surface area contributed by atoms with Crippen molar-refractivity contribution in [2.75, 3.05) is 26.1 Å². The largest absolute Gasteiger partial charge is 0.496 e. The zero-order valence-electron chi connectivity index (χ0n) is 10.3. The lowest BCUT2D eigenvalue weighted by molar-refractivity contribution is 0.416. The highest BCUT2D eigenvalue weighted by molar-refractivity contribution is 9.10. The Morgan fingerprint density at radius 1 is 1.39 bits per heavy atom. The number of ether oxygens (including phenoxy) is 1. The molecule has 0 aliphatic carbocycles. The second-order valence-corrected chi connectivity index (χ2v) is 5.20. The van der Waals surface area contributed by atoms with Gasteiger partial charge < -0.3 is 9.64 Å². The zero-order chi connectivity index (χ0) is 13.3. The molecule has 1 aromatic carbocycles. The van der Waals surface area contributed by atoms with E-state index in [4.69, 9.17) is 16.3 Å². The van der Waals surface area contributed by atoms with Crippen molar-refractivity contribution in [1.29, 1.82) is 0 Å². The van der Waals surface area contributed by atoms with Crippen LogP contribution in [0.1, 0.15) is 0 Å². The SMILES string of the molecule is COc1ccc(Cl)cc1-c1[nH]nc(N(C)C)c1Br. The van der Waals surface area contributed by atoms with E-state index in [1.165, 1.54) is 0 Å². The van der Waals surface area contributed by atoms with E-state index in [2.05, 4.69) is 26.1 Å². The van der Waals surface area contributed by atoms with Gasteiger partial charge in [0.25, 0.3) is 0 Å². The Morgan fingerprint density at radius 3 is 2.67 bits per heavy atom. The summed E-state index contributed by atoms with van der Waals surface area (Å²) in [6.07, 6.45) is 0. The predicted molar refractivity (Wildman–Crippen MR) is 77.6 cm³/mol. The topological polar surface area (TPSA) is 41.1 Å². The number of methoxy groups -OCH3 is 1. The first-order chi connectivity index (χ1) is 8.54. The van der Waals surface area contributed by atoms with Gasteiger partial charge in [0.05, 0.1) is 17.3 Å². The minimum atomic E-state index is 0.652. The maximum Gasteiger partial charge on any atom is 0.164 e. The number of nitrogens with zero attached hydrogens (tertiary/aromatic N) is 2. The number of H-pyrrole nitrogens is 1. The highest BCUT2D eigenvalue weighted by Gasteiger charge is 2.17. The first-order valence-electron chi connectivity index (χ1n) is 5.29. The van der Waals surface area contributed by atoms with Gasteiger partial charge in [-0.2, -0.15) is 5.10 Å². The van der Waals surface area contributed by atoms with E-state index < -0.39 is 0 Å². The lowest BCUT2D eigenvalue weighted by Crippen LogP contribution is -2.09. The summed E-state index contributed by atoms with van der Waals surface area (Å²) in [6, 6.07) is 5.47. The second kappa shape index (κ2) is 5.20. The van der Waals surface area contributed by atoms with Crippen molar-refractivity contribution >= 4 is 33.3 Å². The molecular formula is C12H13BrClN3O. The van der Waals surface area contributed by atoms with Crippen LogP contribution in [0.3, 0.4) is 0 Å². The number of rotatable bonds is 3. The zero-order valence-corrected chi connectivity index (χ0v) is 12.6. The van der Waals surface area contributed by atoms with Gasteiger partial charge in [0.15, 0.2) is 5.82 Å². The van der Waals surface area contributed by atoms with Crippen LogP contribution in [0.25, 0.3) is 11.3 Å². The van der Waals surface area contributed by atoms with Crippen LogP contribution < -0.4 is 9.64 Å². The van der Waals surface area contributed by atoms with Gasteiger partial charge in [-0.25, -0.2) is 0 Å². The maximum absolute atomic E-state index is 6.03. The van der Waals surface area contributed by atoms with Gasteiger partial charge >= 0.3 is 0 Å². The fourth-order valence-corrected chi connectivity index (χ4v) is 2.59. The standard InChI is InChI=1S/C12H13BrClN3O/c1-17(2)12-10(13)11(15-16-12)8-6-7(14)4-5-9(8)18-3/h4-6H,1-3H3,(H,15,16). The van der Waals surface area contributed by atoms with Gasteiger partial charge in [0.2, 0.25) is 0 Å². The van der Waals surface area contributed by atoms with Gasteiger partial charge in [-0.1, -0.05) is 11.6 Å². The molecule has 0 aliphatic heterocycles. The third-order valence-electron chi connectivity index (χ3n) is 2.54. The minimum absolute atomic E-state index is 0.652. The highest BCUT2D eigenvalue weighted by Crippen LogP contribution is 2.38. The van der Waals surface area contributed by atoms with Crippen LogP contribution in [0.15, 0.2) is 22.7 Å². The summed E-state index contributed by atoms with van der Waals surface area (Å²) in [6.45, 7) is 0. The van der Waals surface area contributed by atoms with E-state index >= 15 is 0 Å². The van der Waals surface area contributed by atoms with E-state index in [1.54, 1.807) is 13.2 Å². The number of nitrogens with one attached hydrogen (secondary N) is 1. The molecular weight excluding hydrogens is 318 g/mol. The van der Waals surface area contributed by atoms with E-state index in [0.717, 1.165) is 27.3 Å². The normalized spacial score (nSPS) is 10.5. The summed E-state index contributed by atoms with van der Waals surface area (Å²) >= 11 is 9.57. The Hall–Kier alpha value is -1.20. The third-order valence-corrected chi connectivity index (χ3v) is 3.53. The Balaban J connectivity index is 2.58. The minimum Gasteiger partial charge on any atom is -0.496 e. The van der Waals surface area contributed by atoms with Gasteiger partial charge in [-0.3, -0.25) is 5.10 Å². The van der Waals surface area contributed by atoms with Gasteiger partial charge in [0, 0.05) is 24.7 Å². The Morgan fingerprint density at radius 2 is 2.11 bits per heavy atom. The van der Waals surface area contributed by atoms with Crippen LogP contribution in [-0.4, -0.2) is 31.4 Å². The first-order valence-corrected chi connectivity index (χ1v) is 6.46. The van der Waals surface area contributed by atoms with Gasteiger partial charge in [-0.05, 0) is 34.1 Å². The Bertz CT molecular complexity index is 568. The van der Waals surface area contributed by atoms with Crippen LogP contribution in [0, 0.1) is 0 Å². The van der Waals surface area contributed by atoms with E-state index in [1.807, 2.05) is 31.1 Å². The lowest BCUT2D eigenvalue weighted by Gasteiger charge is -2.10. The van der Waals surface area contributed by atoms with Crippen molar-refractivity contribution in [2.24, 2.45) is 0 Å². The number of hydrogen-bond donors (Lipinski definition) is 1. The van der Waals surface area contributed by atoms with Crippen molar-refractivity contribution in [3.8, 4) is 17.0 Å². The molecule has 0 amide bonds. The van der Waals surface area contributed by atoms with E-state index in [0.29, 0.717) is 5.02 Å². The molecule has 0 spiro atoms. The molecule has 2 rings (SSSR count). The number of anilines is 1. The molecule has 2 aromatic rings. The van der Waals surface area contributed by atoms with E-state index in [-0.39, 0.29) is 0 Å². The molecule has 0 unspecified atom stereocenters. The third kappa shape index (κ3) is 2.33. The quantitative estimate of drug-likeness (QED) is 0.935. The van der Waals surface area contributed by atoms with Crippen molar-refractivity contribution in [2.45, 2.75) is 0 Å². The van der Waals surface area contributed by atoms with Gasteiger partial charge in [-0.15, -0.1) is 0 Å². The summed E-state index contributed by atoms with van der Waals surface area (Å²) < 4.78 is 6.22. The number of aromatic amines is 1. The molecule has 1 N–H and O–H groups in total. The monoisotopic (exact) mass is 329 g/mol. The molecule has 0 radical (unpaired) electrons. The van der Waals surface area contributed by atoms with Crippen molar-refractivity contribution in [3.05, 3.63) is 27.7 Å². The molecule has 0 saturated heterocycles. The van der Waals surface area contributed by atoms with E-state index in [9.17, 15) is 0 Å². The summed E-state index contributed by atoms with van der Waals surface area (Å²) in [7, 11) is 5.49. The number of hydrogen-bond acceptors (Lipinski definition) is 3. The van der Waals surface area contributed by atoms with Crippen LogP contribution in [0.4, 0.5) is 5.82 Å². The molecule has 1 aromatic heterocycles. The van der Waals surface area contributed by atoms with Crippen molar-refractivity contribution < 1.29 is 4.74 Å². The summed E-state index contributed by atoms with van der Waals surface area (Å²) in [5.74, 6) is 1.57. The number of benzene rings is 1. The van der Waals surface area contributed by atoms with Crippen molar-refractivity contribution in [1.82, 2.24) is 10.2 Å². The molecule has 18 heavy (non-hydrogen) atoms. The molecule has 0 saturated carbocycles. The average Bonchev–Trinajstić information content (AvgIpc) is 2.71. The summed E-state index contributed by atoms with van der Waals surface area (Å²) in [5, 5.41) is 7.90. The number of halogens is 2. The molecule has 4 nitrogen and oxygen atoms in total. The molecule has 0 atom stereocenters. The Kier molecular flexibility index (Phi) is 3.82. The van der Waals surface area contributed by atoms with Crippen molar-refractivity contribution in [3.63, 3.8) is 0 Å². The molecule has 96 valence electrons. The second-order valence-electron chi connectivity index (χ2n) is 3.98. The smallest absolute Gasteiger partial charge is 0.164 e. The molecule has 0 fully saturated rings. The molecule has 6 heteroatoms.